The van der Waals surface area contributed by atoms with E-state index >= 15 is 4.39 Å². The summed E-state index contributed by atoms with van der Waals surface area (Å²) in [7, 11) is 0. The predicted molar refractivity (Wildman–Crippen MR) is 286 cm³/mol. The van der Waals surface area contributed by atoms with Crippen LogP contribution in [0.4, 0.5) is 4.39 Å². The van der Waals surface area contributed by atoms with E-state index in [1.54, 1.807) is 50.2 Å². The van der Waals surface area contributed by atoms with Crippen LogP contribution in [0.15, 0.2) is 47.3 Å². The van der Waals surface area contributed by atoms with Crippen molar-refractivity contribution in [2.75, 3.05) is 46.1 Å². The van der Waals surface area contributed by atoms with Gasteiger partial charge in [0.2, 0.25) is 41.4 Å². The van der Waals surface area contributed by atoms with Gasteiger partial charge < -0.3 is 82.2 Å². The molecule has 5 heterocycles. The fourth-order valence-corrected chi connectivity index (χ4v) is 10.7. The number of unbranched alkanes of at least 4 members (excludes halogenated alkanes) is 1. The molecule has 4 aromatic rings. The number of aliphatic hydroxyl groups is 4. The summed E-state index contributed by atoms with van der Waals surface area (Å²) in [5, 5.41) is 59.0. The SMILES string of the molecule is CC[C@@]1(O)C(=O)OCc2c1cc1n(c2=O)Cc2c-1nc1cc(F)c(C)c3c1c2[C@@H](NC(=O)COCNC(=O)CNC(=O)[C@H](Cc1ccccc1)NC(=O)CNC(=O)CNC(=O)[C@@H](N)CCCCNC(=O)C[C@@H]1O[C@H](CO)[C@@H](O)[C@H]1O)CC3. The molecule has 2 aromatic carbocycles. The molecule has 26 nitrogen and oxygen atoms in total. The first-order chi connectivity index (χ1) is 39.2. The Morgan fingerprint density at radius 1 is 0.878 bits per heavy atom. The van der Waals surface area contributed by atoms with Crippen LogP contribution < -0.4 is 48.5 Å². The number of ether oxygens (including phenoxy) is 3. The zero-order valence-corrected chi connectivity index (χ0v) is 45.1. The molecule has 82 heavy (non-hydrogen) atoms. The minimum Gasteiger partial charge on any atom is -0.458 e. The van der Waals surface area contributed by atoms with E-state index in [1.165, 1.54) is 10.6 Å². The third-order valence-corrected chi connectivity index (χ3v) is 15.2. The number of benzene rings is 2. The summed E-state index contributed by atoms with van der Waals surface area (Å²) in [6, 6.07) is 8.70. The van der Waals surface area contributed by atoms with Crippen molar-refractivity contribution in [2.24, 2.45) is 5.73 Å². The summed E-state index contributed by atoms with van der Waals surface area (Å²) in [5.74, 6) is -5.91. The maximum atomic E-state index is 15.4. The van der Waals surface area contributed by atoms with E-state index < -0.39 is 146 Å². The first kappa shape index (κ1) is 60.3. The van der Waals surface area contributed by atoms with Gasteiger partial charge in [0.15, 0.2) is 5.60 Å². The number of rotatable bonds is 25. The lowest BCUT2D eigenvalue weighted by molar-refractivity contribution is -0.172. The number of cyclic esters (lactones) is 1. The predicted octanol–water partition coefficient (Wildman–Crippen LogP) is -2.72. The maximum Gasteiger partial charge on any atom is 0.343 e. The Balaban J connectivity index is 0.770. The van der Waals surface area contributed by atoms with Crippen molar-refractivity contribution in [3.05, 3.63) is 97.6 Å². The molecule has 2 aromatic heterocycles. The standard InChI is InChI=1S/C55H67FN10O16/c1-3-55(79)32-16-38-48-30(22-66(38)53(77)31(32)24-81-54(55)78)47-35(13-12-29-27(2)33(56)17-36(65-48)46(29)47)63-45(72)25-80-26-62-43(70)20-61-52(76)37(15-28-9-5-4-6-10-28)64-44(71)21-59-42(69)19-60-51(75)34(57)11-7-8-14-58-41(68)18-39-49(73)50(74)40(23-67)82-39/h4-6,9-10,16-17,34-35,37,39-40,49-50,67,73-74,79H,3,7-8,11-15,18-26,57H2,1-2H3,(H,58,68)(H,59,69)(H,60,75)(H,61,76)(H,62,70)(H,63,72)(H,64,71)/t34-,35-,37-,39-,40+,49-,50+,55-/m0/s1. The van der Waals surface area contributed by atoms with E-state index in [0.717, 1.165) is 0 Å². The second-order valence-corrected chi connectivity index (χ2v) is 20.6. The minimum atomic E-state index is -2.06. The van der Waals surface area contributed by atoms with Crippen molar-refractivity contribution in [2.45, 2.75) is 127 Å². The molecule has 8 rings (SSSR count). The van der Waals surface area contributed by atoms with Crippen molar-refractivity contribution >= 4 is 58.2 Å². The van der Waals surface area contributed by atoms with Crippen LogP contribution in [-0.2, 0) is 84.2 Å². The molecule has 440 valence electrons. The molecular formula is C55H67FN10O16. The summed E-state index contributed by atoms with van der Waals surface area (Å²) in [5.41, 5.74) is 7.69. The Hall–Kier alpha value is -7.79. The van der Waals surface area contributed by atoms with Crippen molar-refractivity contribution in [1.82, 2.24) is 46.8 Å². The van der Waals surface area contributed by atoms with E-state index in [0.29, 0.717) is 75.8 Å². The second-order valence-electron chi connectivity index (χ2n) is 20.6. The number of nitrogens with one attached hydrogen (secondary N) is 7. The minimum absolute atomic E-state index is 0.00793. The fraction of sp³-hybridized carbons (Fsp3) is 0.491. The lowest BCUT2D eigenvalue weighted by atomic mass is 9.81. The first-order valence-corrected chi connectivity index (χ1v) is 27.0. The molecule has 13 N–H and O–H groups in total. The van der Waals surface area contributed by atoms with E-state index in [9.17, 15) is 63.6 Å². The summed E-state index contributed by atoms with van der Waals surface area (Å²) < 4.78 is 32.9. The van der Waals surface area contributed by atoms with E-state index in [2.05, 4.69) is 37.2 Å². The quantitative estimate of drug-likeness (QED) is 0.0160. The number of aryl methyl sites for hydroxylation is 1. The fourth-order valence-electron chi connectivity index (χ4n) is 10.7. The summed E-state index contributed by atoms with van der Waals surface area (Å²) in [6.45, 7) is 0.110. The van der Waals surface area contributed by atoms with E-state index in [-0.39, 0.29) is 56.5 Å². The molecule has 8 atom stereocenters. The Labute approximate surface area is 468 Å². The Bertz CT molecular complexity index is 3200. The second kappa shape index (κ2) is 26.4. The Kier molecular flexibility index (Phi) is 19.4. The molecule has 0 saturated carbocycles. The van der Waals surface area contributed by atoms with Crippen LogP contribution in [-0.4, -0.2) is 160 Å². The zero-order valence-electron chi connectivity index (χ0n) is 45.1. The summed E-state index contributed by atoms with van der Waals surface area (Å²) in [4.78, 5) is 122. The topological polar surface area (TPSA) is 390 Å². The number of carbonyl (C=O) groups excluding carboxylic acids is 8. The molecule has 0 radical (unpaired) electrons. The van der Waals surface area contributed by atoms with Crippen molar-refractivity contribution in [1.29, 1.82) is 0 Å². The van der Waals surface area contributed by atoms with Gasteiger partial charge in [-0.1, -0.05) is 37.3 Å². The molecule has 0 bridgehead atoms. The van der Waals surface area contributed by atoms with Gasteiger partial charge in [-0.2, -0.15) is 0 Å². The average Bonchev–Trinajstić information content (AvgIpc) is 1.77. The number of hydrogen-bond acceptors (Lipinski definition) is 18. The van der Waals surface area contributed by atoms with Gasteiger partial charge >= 0.3 is 5.97 Å². The van der Waals surface area contributed by atoms with Gasteiger partial charge in [-0.05, 0) is 73.8 Å². The Morgan fingerprint density at radius 2 is 1.59 bits per heavy atom. The number of halogens is 1. The highest BCUT2D eigenvalue weighted by molar-refractivity contribution is 5.95. The molecule has 27 heteroatoms. The molecule has 1 fully saturated rings. The van der Waals surface area contributed by atoms with Crippen LogP contribution in [0.25, 0.3) is 22.3 Å². The largest absolute Gasteiger partial charge is 0.458 e. The van der Waals surface area contributed by atoms with Gasteiger partial charge in [-0.25, -0.2) is 14.2 Å². The molecule has 4 aliphatic rings. The summed E-state index contributed by atoms with van der Waals surface area (Å²) in [6.07, 6.45) is -3.02. The number of pyridine rings is 2. The van der Waals surface area contributed by atoms with Crippen LogP contribution in [0.1, 0.15) is 90.4 Å². The van der Waals surface area contributed by atoms with Crippen LogP contribution >= 0.6 is 0 Å². The van der Waals surface area contributed by atoms with Crippen LogP contribution in [0.2, 0.25) is 0 Å². The van der Waals surface area contributed by atoms with Gasteiger partial charge in [0, 0.05) is 35.5 Å². The third-order valence-electron chi connectivity index (χ3n) is 15.2. The molecule has 3 aliphatic heterocycles. The molecular weight excluding hydrogens is 1080 g/mol. The summed E-state index contributed by atoms with van der Waals surface area (Å²) >= 11 is 0. The number of carbonyl (C=O) groups is 8. The maximum absolute atomic E-state index is 15.4. The van der Waals surface area contributed by atoms with Gasteiger partial charge in [0.05, 0.1) is 79.9 Å². The Morgan fingerprint density at radius 3 is 2.30 bits per heavy atom. The first-order valence-electron chi connectivity index (χ1n) is 27.0. The lowest BCUT2D eigenvalue weighted by Crippen LogP contribution is -2.52. The normalized spacial score (nSPS) is 21.0. The number of hydrogen-bond donors (Lipinski definition) is 12. The smallest absolute Gasteiger partial charge is 0.343 e. The molecule has 0 unspecified atom stereocenters. The monoisotopic (exact) mass is 1140 g/mol. The average molecular weight is 1140 g/mol. The number of fused-ring (bicyclic) bond motifs is 5. The van der Waals surface area contributed by atoms with Gasteiger partial charge in [0.1, 0.15) is 50.1 Å². The third kappa shape index (κ3) is 13.4. The number of esters is 1. The molecule has 1 aliphatic carbocycles. The van der Waals surface area contributed by atoms with E-state index in [4.69, 9.17) is 24.9 Å². The number of aromatic nitrogens is 2. The van der Waals surface area contributed by atoms with Crippen LogP contribution in [0, 0.1) is 12.7 Å². The number of nitrogens with two attached hydrogens (primary N) is 1. The molecule has 0 spiro atoms. The zero-order chi connectivity index (χ0) is 59.0. The molecule has 7 amide bonds. The van der Waals surface area contributed by atoms with Crippen molar-refractivity contribution in [3.63, 3.8) is 0 Å². The molecule has 1 saturated heterocycles. The van der Waals surface area contributed by atoms with E-state index in [1.807, 2.05) is 0 Å². The highest BCUT2D eigenvalue weighted by Crippen LogP contribution is 2.46. The van der Waals surface area contributed by atoms with Gasteiger partial charge in [-0.3, -0.25) is 38.4 Å². The highest BCUT2D eigenvalue weighted by atomic mass is 19.1. The van der Waals surface area contributed by atoms with Gasteiger partial charge in [-0.15, -0.1) is 0 Å². The number of aliphatic hydroxyl groups excluding tert-OH is 3. The highest BCUT2D eigenvalue weighted by Gasteiger charge is 2.46. The number of amides is 7. The van der Waals surface area contributed by atoms with Gasteiger partial charge in [0.25, 0.3) is 5.56 Å². The number of nitrogens with zero attached hydrogens (tertiary/aromatic N) is 2. The van der Waals surface area contributed by atoms with Crippen LogP contribution in [0.5, 0.6) is 0 Å². The lowest BCUT2D eigenvalue weighted by Gasteiger charge is -2.31. The van der Waals surface area contributed by atoms with Crippen molar-refractivity contribution in [3.8, 4) is 11.4 Å². The van der Waals surface area contributed by atoms with Crippen molar-refractivity contribution < 1.29 is 77.4 Å². The van der Waals surface area contributed by atoms with Crippen LogP contribution in [0.3, 0.4) is 0 Å².